The first-order valence-corrected chi connectivity index (χ1v) is 6.54. The molecule has 6 nitrogen and oxygen atoms in total. The van der Waals surface area contributed by atoms with Crippen molar-refractivity contribution >= 4 is 23.3 Å². The average Bonchev–Trinajstić information content (AvgIpc) is 2.44. The van der Waals surface area contributed by atoms with Crippen LogP contribution in [-0.2, 0) is 9.53 Å². The monoisotopic (exact) mass is 279 g/mol. The quantitative estimate of drug-likeness (QED) is 0.606. The summed E-state index contributed by atoms with van der Waals surface area (Å²) in [6.07, 6.45) is 0. The molecule has 3 N–H and O–H groups in total. The molecule has 0 fully saturated rings. The number of nitrogens with one attached hydrogen (secondary N) is 1. The minimum Gasteiger partial charge on any atom is -0.462 e. The summed E-state index contributed by atoms with van der Waals surface area (Å²) in [5.41, 5.74) is 7.28. The van der Waals surface area contributed by atoms with E-state index in [1.165, 1.54) is 6.07 Å². The molecule has 110 valence electrons. The number of rotatable bonds is 6. The van der Waals surface area contributed by atoms with Crippen LogP contribution in [0.4, 0.5) is 11.4 Å². The molecule has 0 atom stereocenters. The van der Waals surface area contributed by atoms with Crippen LogP contribution in [0.1, 0.15) is 24.2 Å². The smallest absolute Gasteiger partial charge is 0.338 e. The molecule has 0 aromatic heterocycles. The Morgan fingerprint density at radius 1 is 1.35 bits per heavy atom. The molecule has 1 aromatic rings. The zero-order valence-electron chi connectivity index (χ0n) is 12.1. The summed E-state index contributed by atoms with van der Waals surface area (Å²) in [6.45, 7) is 4.77. The maximum absolute atomic E-state index is 11.7. The Hall–Kier alpha value is -2.24. The van der Waals surface area contributed by atoms with Gasteiger partial charge >= 0.3 is 5.97 Å². The summed E-state index contributed by atoms with van der Waals surface area (Å²) < 4.78 is 4.89. The lowest BCUT2D eigenvalue weighted by atomic mass is 10.1. The molecule has 0 bridgehead atoms. The first-order chi connectivity index (χ1) is 9.49. The number of ether oxygens (including phenoxy) is 1. The van der Waals surface area contributed by atoms with Crippen LogP contribution in [0.3, 0.4) is 0 Å². The molecule has 0 aliphatic rings. The molecule has 0 aliphatic heterocycles. The Balaban J connectivity index is 2.69. The van der Waals surface area contributed by atoms with Crippen LogP contribution in [0.5, 0.6) is 0 Å². The minimum absolute atomic E-state index is 0.0265. The van der Waals surface area contributed by atoms with Gasteiger partial charge in [-0.25, -0.2) is 4.79 Å². The first kappa shape index (κ1) is 15.8. The van der Waals surface area contributed by atoms with Crippen molar-refractivity contribution in [3.8, 4) is 0 Å². The third kappa shape index (κ3) is 4.15. The third-order valence-electron chi connectivity index (χ3n) is 2.89. The molecule has 1 rings (SSSR count). The zero-order chi connectivity index (χ0) is 15.1. The number of amides is 1. The first-order valence-electron chi connectivity index (χ1n) is 6.54. The van der Waals surface area contributed by atoms with E-state index in [4.69, 9.17) is 10.5 Å². The minimum atomic E-state index is -0.410. The molecule has 0 spiro atoms. The Morgan fingerprint density at radius 2 is 2.05 bits per heavy atom. The van der Waals surface area contributed by atoms with Crippen molar-refractivity contribution < 1.29 is 14.3 Å². The van der Waals surface area contributed by atoms with Gasteiger partial charge in [-0.1, -0.05) is 0 Å². The van der Waals surface area contributed by atoms with Crippen LogP contribution < -0.4 is 11.1 Å². The predicted octanol–water partition coefficient (Wildman–Crippen LogP) is 1.34. The van der Waals surface area contributed by atoms with Gasteiger partial charge in [0, 0.05) is 13.6 Å². The summed E-state index contributed by atoms with van der Waals surface area (Å²) in [6, 6.07) is 4.82. The summed E-state index contributed by atoms with van der Waals surface area (Å²) in [5.74, 6) is -0.436. The van der Waals surface area contributed by atoms with Crippen LogP contribution in [0.25, 0.3) is 0 Å². The largest absolute Gasteiger partial charge is 0.462 e. The SMILES string of the molecule is CCOC(=O)c1ccc(NCC(=O)N(C)CC)c(N)c1. The molecule has 0 heterocycles. The summed E-state index contributed by atoms with van der Waals surface area (Å²) in [7, 11) is 1.73. The molecule has 0 saturated heterocycles. The fourth-order valence-corrected chi connectivity index (χ4v) is 1.55. The molecule has 20 heavy (non-hydrogen) atoms. The van der Waals surface area contributed by atoms with Gasteiger partial charge in [0.25, 0.3) is 0 Å². The van der Waals surface area contributed by atoms with Gasteiger partial charge < -0.3 is 20.7 Å². The van der Waals surface area contributed by atoms with Crippen molar-refractivity contribution in [2.45, 2.75) is 13.8 Å². The van der Waals surface area contributed by atoms with Gasteiger partial charge in [-0.2, -0.15) is 0 Å². The number of hydrogen-bond acceptors (Lipinski definition) is 5. The van der Waals surface area contributed by atoms with Crippen molar-refractivity contribution in [1.29, 1.82) is 0 Å². The van der Waals surface area contributed by atoms with Crippen LogP contribution in [-0.4, -0.2) is 43.5 Å². The van der Waals surface area contributed by atoms with Crippen LogP contribution in [0, 0.1) is 0 Å². The highest BCUT2D eigenvalue weighted by molar-refractivity contribution is 5.92. The van der Waals surface area contributed by atoms with Gasteiger partial charge in [-0.15, -0.1) is 0 Å². The van der Waals surface area contributed by atoms with Gasteiger partial charge in [0.1, 0.15) is 0 Å². The van der Waals surface area contributed by atoms with E-state index < -0.39 is 5.97 Å². The molecule has 1 amide bonds. The van der Waals surface area contributed by atoms with Gasteiger partial charge in [0.2, 0.25) is 5.91 Å². The van der Waals surface area contributed by atoms with Crippen molar-refractivity contribution in [2.24, 2.45) is 0 Å². The lowest BCUT2D eigenvalue weighted by molar-refractivity contribution is -0.127. The molecule has 6 heteroatoms. The van der Waals surface area contributed by atoms with Crippen LogP contribution in [0.2, 0.25) is 0 Å². The maximum atomic E-state index is 11.7. The van der Waals surface area contributed by atoms with Crippen molar-refractivity contribution in [3.05, 3.63) is 23.8 Å². The number of nitrogens with two attached hydrogens (primary N) is 1. The lowest BCUT2D eigenvalue weighted by Gasteiger charge is -2.16. The second kappa shape index (κ2) is 7.37. The Bertz CT molecular complexity index is 489. The summed E-state index contributed by atoms with van der Waals surface area (Å²) in [5, 5.41) is 2.96. The van der Waals surface area contributed by atoms with Gasteiger partial charge in [0.05, 0.1) is 30.1 Å². The lowest BCUT2D eigenvalue weighted by Crippen LogP contribution is -2.32. The van der Waals surface area contributed by atoms with Crippen LogP contribution >= 0.6 is 0 Å². The maximum Gasteiger partial charge on any atom is 0.338 e. The second-order valence-corrected chi connectivity index (χ2v) is 4.28. The summed E-state index contributed by atoms with van der Waals surface area (Å²) >= 11 is 0. The Kier molecular flexibility index (Phi) is 5.83. The van der Waals surface area contributed by atoms with Gasteiger partial charge in [0.15, 0.2) is 0 Å². The number of nitrogen functional groups attached to an aromatic ring is 1. The molecule has 0 aliphatic carbocycles. The van der Waals surface area contributed by atoms with E-state index in [9.17, 15) is 9.59 Å². The summed E-state index contributed by atoms with van der Waals surface area (Å²) in [4.78, 5) is 24.8. The van der Waals surface area contributed by atoms with Crippen LogP contribution in [0.15, 0.2) is 18.2 Å². The number of carbonyl (C=O) groups is 2. The fraction of sp³-hybridized carbons (Fsp3) is 0.429. The Morgan fingerprint density at radius 3 is 2.60 bits per heavy atom. The van der Waals surface area contributed by atoms with E-state index >= 15 is 0 Å². The predicted molar refractivity (Wildman–Crippen MR) is 78.6 cm³/mol. The van der Waals surface area contributed by atoms with E-state index in [-0.39, 0.29) is 12.5 Å². The number of likely N-dealkylation sites (N-methyl/N-ethyl adjacent to an activating group) is 1. The molecule has 1 aromatic carbocycles. The normalized spacial score (nSPS) is 9.95. The fourth-order valence-electron chi connectivity index (χ4n) is 1.55. The number of esters is 1. The van der Waals surface area contributed by atoms with Gasteiger partial charge in [-0.3, -0.25) is 4.79 Å². The highest BCUT2D eigenvalue weighted by Crippen LogP contribution is 2.20. The van der Waals surface area contributed by atoms with E-state index in [0.717, 1.165) is 0 Å². The number of benzene rings is 1. The standard InChI is InChI=1S/C14H21N3O3/c1-4-17(3)13(18)9-16-12-7-6-10(8-11(12)15)14(19)20-5-2/h6-8,16H,4-5,9,15H2,1-3H3. The zero-order valence-corrected chi connectivity index (χ0v) is 12.1. The number of carbonyl (C=O) groups excluding carboxylic acids is 2. The van der Waals surface area contributed by atoms with E-state index in [1.54, 1.807) is 31.0 Å². The highest BCUT2D eigenvalue weighted by atomic mass is 16.5. The number of anilines is 2. The van der Waals surface area contributed by atoms with Crippen molar-refractivity contribution in [3.63, 3.8) is 0 Å². The third-order valence-corrected chi connectivity index (χ3v) is 2.89. The molecular weight excluding hydrogens is 258 g/mol. The highest BCUT2D eigenvalue weighted by Gasteiger charge is 2.10. The van der Waals surface area contributed by atoms with Crippen molar-refractivity contribution in [1.82, 2.24) is 4.90 Å². The van der Waals surface area contributed by atoms with Crippen molar-refractivity contribution in [2.75, 3.05) is 37.8 Å². The van der Waals surface area contributed by atoms with E-state index in [1.807, 2.05) is 6.92 Å². The Labute approximate surface area is 118 Å². The van der Waals surface area contributed by atoms with Gasteiger partial charge in [-0.05, 0) is 32.0 Å². The number of nitrogens with zero attached hydrogens (tertiary/aromatic N) is 1. The van der Waals surface area contributed by atoms with E-state index in [0.29, 0.717) is 30.1 Å². The average molecular weight is 279 g/mol. The number of hydrogen-bond donors (Lipinski definition) is 2. The molecule has 0 saturated carbocycles. The molecular formula is C14H21N3O3. The topological polar surface area (TPSA) is 84.7 Å². The second-order valence-electron chi connectivity index (χ2n) is 4.28. The molecule has 0 unspecified atom stereocenters. The van der Waals surface area contributed by atoms with E-state index in [2.05, 4.69) is 5.32 Å². The molecule has 0 radical (unpaired) electrons.